The number of rotatable bonds is 5. The van der Waals surface area contributed by atoms with Gasteiger partial charge in [-0.2, -0.15) is 0 Å². The van der Waals surface area contributed by atoms with Crippen molar-refractivity contribution in [1.29, 1.82) is 0 Å². The molecule has 23 heavy (non-hydrogen) atoms. The maximum atomic E-state index is 12.2. The Labute approximate surface area is 139 Å². The van der Waals surface area contributed by atoms with Crippen molar-refractivity contribution in [3.05, 3.63) is 40.6 Å². The second kappa shape index (κ2) is 7.48. The molecule has 6 heteroatoms. The molecule has 0 unspecified atom stereocenters. The van der Waals surface area contributed by atoms with Crippen LogP contribution in [-0.2, 0) is 16.0 Å². The first-order chi connectivity index (χ1) is 11.3. The standard InChI is InChI=1S/C17H20N2O3S/c1-21-16-5-4-13(19-6-8-22-9-7-19)11-15(16)18-17(20)12-14-3-2-10-23-14/h2-5,10-11H,6-9,12H2,1H3,(H,18,20). The molecule has 0 bridgehead atoms. The molecule has 0 aliphatic carbocycles. The minimum atomic E-state index is -0.0372. The van der Waals surface area contributed by atoms with Crippen LogP contribution in [0.1, 0.15) is 4.88 Å². The van der Waals surface area contributed by atoms with Gasteiger partial charge in [0.15, 0.2) is 0 Å². The lowest BCUT2D eigenvalue weighted by Gasteiger charge is -2.29. The molecule has 0 saturated carbocycles. The fourth-order valence-electron chi connectivity index (χ4n) is 2.58. The minimum Gasteiger partial charge on any atom is -0.495 e. The van der Waals surface area contributed by atoms with E-state index in [0.29, 0.717) is 17.9 Å². The van der Waals surface area contributed by atoms with Crippen molar-refractivity contribution in [3.8, 4) is 5.75 Å². The zero-order chi connectivity index (χ0) is 16.1. The third kappa shape index (κ3) is 4.03. The normalized spacial score (nSPS) is 14.6. The number of anilines is 2. The van der Waals surface area contributed by atoms with E-state index in [-0.39, 0.29) is 5.91 Å². The quantitative estimate of drug-likeness (QED) is 0.915. The second-order valence-corrected chi connectivity index (χ2v) is 6.32. The fourth-order valence-corrected chi connectivity index (χ4v) is 3.28. The molecule has 122 valence electrons. The van der Waals surface area contributed by atoms with Gasteiger partial charge in [-0.25, -0.2) is 0 Å². The molecule has 1 saturated heterocycles. The highest BCUT2D eigenvalue weighted by Gasteiger charge is 2.15. The third-order valence-electron chi connectivity index (χ3n) is 3.75. The number of carbonyl (C=O) groups excluding carboxylic acids is 1. The van der Waals surface area contributed by atoms with Crippen molar-refractivity contribution in [2.24, 2.45) is 0 Å². The average molecular weight is 332 g/mol. The van der Waals surface area contributed by atoms with Crippen LogP contribution in [0.3, 0.4) is 0 Å². The zero-order valence-electron chi connectivity index (χ0n) is 13.1. The molecule has 1 aliphatic heterocycles. The van der Waals surface area contributed by atoms with Gasteiger partial charge in [-0.15, -0.1) is 11.3 Å². The highest BCUT2D eigenvalue weighted by Crippen LogP contribution is 2.30. The summed E-state index contributed by atoms with van der Waals surface area (Å²) in [5.74, 6) is 0.631. The molecule has 1 fully saturated rings. The summed E-state index contributed by atoms with van der Waals surface area (Å²) in [5.41, 5.74) is 1.78. The molecular formula is C17H20N2O3S. The SMILES string of the molecule is COc1ccc(N2CCOCC2)cc1NC(=O)Cc1cccs1. The topological polar surface area (TPSA) is 50.8 Å². The molecule has 2 aromatic rings. The first kappa shape index (κ1) is 15.8. The van der Waals surface area contributed by atoms with E-state index >= 15 is 0 Å². The van der Waals surface area contributed by atoms with Gasteiger partial charge in [-0.05, 0) is 29.6 Å². The third-order valence-corrected chi connectivity index (χ3v) is 4.62. The first-order valence-corrected chi connectivity index (χ1v) is 8.47. The largest absolute Gasteiger partial charge is 0.495 e. The summed E-state index contributed by atoms with van der Waals surface area (Å²) in [6.07, 6.45) is 0.378. The summed E-state index contributed by atoms with van der Waals surface area (Å²) in [6.45, 7) is 3.17. The summed E-state index contributed by atoms with van der Waals surface area (Å²) in [4.78, 5) is 15.5. The summed E-state index contributed by atoms with van der Waals surface area (Å²) in [6, 6.07) is 9.79. The van der Waals surface area contributed by atoms with Crippen molar-refractivity contribution >= 4 is 28.6 Å². The molecule has 5 nitrogen and oxygen atoms in total. The van der Waals surface area contributed by atoms with Crippen LogP contribution in [0.15, 0.2) is 35.7 Å². The molecule has 1 aromatic carbocycles. The number of methoxy groups -OCH3 is 1. The predicted molar refractivity (Wildman–Crippen MR) is 92.7 cm³/mol. The number of benzene rings is 1. The smallest absolute Gasteiger partial charge is 0.229 e. The van der Waals surface area contributed by atoms with Crippen LogP contribution in [0.4, 0.5) is 11.4 Å². The monoisotopic (exact) mass is 332 g/mol. The van der Waals surface area contributed by atoms with Gasteiger partial charge in [-0.1, -0.05) is 6.07 Å². The Hall–Kier alpha value is -2.05. The van der Waals surface area contributed by atoms with Gasteiger partial charge in [0.2, 0.25) is 5.91 Å². The van der Waals surface area contributed by atoms with Crippen LogP contribution in [-0.4, -0.2) is 39.3 Å². The Morgan fingerprint density at radius 2 is 2.17 bits per heavy atom. The number of hydrogen-bond acceptors (Lipinski definition) is 5. The average Bonchev–Trinajstić information content (AvgIpc) is 3.08. The Bertz CT molecular complexity index is 652. The molecule has 1 N–H and O–H groups in total. The van der Waals surface area contributed by atoms with E-state index in [2.05, 4.69) is 10.2 Å². The van der Waals surface area contributed by atoms with Crippen molar-refractivity contribution < 1.29 is 14.3 Å². The summed E-state index contributed by atoms with van der Waals surface area (Å²) in [7, 11) is 1.61. The number of ether oxygens (including phenoxy) is 2. The van der Waals surface area contributed by atoms with Crippen molar-refractivity contribution in [1.82, 2.24) is 0 Å². The maximum absolute atomic E-state index is 12.2. The van der Waals surface area contributed by atoms with Crippen LogP contribution in [0.5, 0.6) is 5.75 Å². The van der Waals surface area contributed by atoms with Crippen LogP contribution in [0, 0.1) is 0 Å². The lowest BCUT2D eigenvalue weighted by molar-refractivity contribution is -0.115. The number of morpholine rings is 1. The summed E-state index contributed by atoms with van der Waals surface area (Å²) < 4.78 is 10.8. The van der Waals surface area contributed by atoms with Crippen LogP contribution >= 0.6 is 11.3 Å². The Balaban J connectivity index is 1.74. The number of nitrogens with one attached hydrogen (secondary N) is 1. The molecule has 1 amide bonds. The van der Waals surface area contributed by atoms with Crippen LogP contribution in [0.25, 0.3) is 0 Å². The molecule has 1 aromatic heterocycles. The molecule has 0 radical (unpaired) electrons. The number of amides is 1. The van der Waals surface area contributed by atoms with Crippen molar-refractivity contribution in [2.75, 3.05) is 43.6 Å². The van der Waals surface area contributed by atoms with Gasteiger partial charge < -0.3 is 19.7 Å². The second-order valence-electron chi connectivity index (χ2n) is 5.29. The van der Waals surface area contributed by atoms with Crippen molar-refractivity contribution in [2.45, 2.75) is 6.42 Å². The van der Waals surface area contributed by atoms with Gasteiger partial charge in [0.1, 0.15) is 5.75 Å². The highest BCUT2D eigenvalue weighted by atomic mass is 32.1. The fraction of sp³-hybridized carbons (Fsp3) is 0.353. The first-order valence-electron chi connectivity index (χ1n) is 7.59. The number of carbonyl (C=O) groups is 1. The van der Waals surface area contributed by atoms with Gasteiger partial charge in [0, 0.05) is 23.7 Å². The van der Waals surface area contributed by atoms with Gasteiger partial charge in [0.25, 0.3) is 0 Å². The minimum absolute atomic E-state index is 0.0372. The van der Waals surface area contributed by atoms with E-state index in [1.165, 1.54) is 0 Å². The summed E-state index contributed by atoms with van der Waals surface area (Å²) >= 11 is 1.58. The van der Waals surface area contributed by atoms with Gasteiger partial charge >= 0.3 is 0 Å². The zero-order valence-corrected chi connectivity index (χ0v) is 13.9. The van der Waals surface area contributed by atoms with E-state index in [0.717, 1.165) is 36.9 Å². The van der Waals surface area contributed by atoms with Gasteiger partial charge in [-0.3, -0.25) is 4.79 Å². The van der Waals surface area contributed by atoms with E-state index in [1.54, 1.807) is 18.4 Å². The number of thiophene rings is 1. The van der Waals surface area contributed by atoms with Crippen molar-refractivity contribution in [3.63, 3.8) is 0 Å². The Morgan fingerprint density at radius 3 is 2.87 bits per heavy atom. The van der Waals surface area contributed by atoms with E-state index < -0.39 is 0 Å². The predicted octanol–water partition coefficient (Wildman–Crippen LogP) is 2.77. The van der Waals surface area contributed by atoms with Gasteiger partial charge in [0.05, 0.1) is 32.4 Å². The summed E-state index contributed by atoms with van der Waals surface area (Å²) in [5, 5.41) is 4.94. The number of nitrogens with zero attached hydrogens (tertiary/aromatic N) is 1. The lowest BCUT2D eigenvalue weighted by atomic mass is 10.2. The van der Waals surface area contributed by atoms with E-state index in [1.807, 2.05) is 35.7 Å². The van der Waals surface area contributed by atoms with E-state index in [4.69, 9.17) is 9.47 Å². The molecule has 1 aliphatic rings. The Kier molecular flexibility index (Phi) is 5.15. The molecule has 0 atom stereocenters. The maximum Gasteiger partial charge on any atom is 0.229 e. The molecule has 2 heterocycles. The Morgan fingerprint density at radius 1 is 1.35 bits per heavy atom. The van der Waals surface area contributed by atoms with E-state index in [9.17, 15) is 4.79 Å². The lowest BCUT2D eigenvalue weighted by Crippen LogP contribution is -2.36. The van der Waals surface area contributed by atoms with Crippen LogP contribution in [0.2, 0.25) is 0 Å². The molecule has 3 rings (SSSR count). The van der Waals surface area contributed by atoms with Crippen LogP contribution < -0.4 is 15.0 Å². The molecular weight excluding hydrogens is 312 g/mol. The number of hydrogen-bond donors (Lipinski definition) is 1. The molecule has 0 spiro atoms. The highest BCUT2D eigenvalue weighted by molar-refractivity contribution is 7.10.